The molecule has 0 radical (unpaired) electrons. The van der Waals surface area contributed by atoms with Gasteiger partial charge in [0.05, 0.1) is 12.2 Å². The molecule has 0 fully saturated rings. The summed E-state index contributed by atoms with van der Waals surface area (Å²) in [5.74, 6) is -0.923. The van der Waals surface area contributed by atoms with Crippen LogP contribution in [0.25, 0.3) is 0 Å². The van der Waals surface area contributed by atoms with E-state index in [9.17, 15) is 21.6 Å². The summed E-state index contributed by atoms with van der Waals surface area (Å²) < 4.78 is 59.5. The SMILES string of the molecule is CC(C)(C)NS(=O)(=O)CCC(F)(F)F. The van der Waals surface area contributed by atoms with Crippen molar-refractivity contribution in [1.82, 2.24) is 4.72 Å². The predicted octanol–water partition coefficient (Wildman–Crippen LogP) is 1.66. The van der Waals surface area contributed by atoms with Crippen LogP contribution in [-0.2, 0) is 10.0 Å². The molecule has 0 aliphatic heterocycles. The van der Waals surface area contributed by atoms with E-state index >= 15 is 0 Å². The lowest BCUT2D eigenvalue weighted by atomic mass is 10.1. The Bertz CT molecular complexity index is 276. The number of alkyl halides is 3. The topological polar surface area (TPSA) is 46.2 Å². The maximum atomic E-state index is 11.7. The molecule has 0 aromatic carbocycles. The summed E-state index contributed by atoms with van der Waals surface area (Å²) in [6, 6.07) is 0. The first-order valence-corrected chi connectivity index (χ1v) is 5.65. The number of nitrogens with one attached hydrogen (secondary N) is 1. The summed E-state index contributed by atoms with van der Waals surface area (Å²) in [6.07, 6.45) is -5.76. The molecule has 0 amide bonds. The minimum Gasteiger partial charge on any atom is -0.212 e. The molecule has 3 nitrogen and oxygen atoms in total. The lowest BCUT2D eigenvalue weighted by Crippen LogP contribution is -2.42. The molecule has 0 unspecified atom stereocenters. The standard InChI is InChI=1S/C7H14F3NO2S/c1-6(2,3)11-14(12,13)5-4-7(8,9)10/h11H,4-5H2,1-3H3. The van der Waals surface area contributed by atoms with Crippen LogP contribution >= 0.6 is 0 Å². The minimum atomic E-state index is -4.44. The van der Waals surface area contributed by atoms with Gasteiger partial charge in [-0.1, -0.05) is 0 Å². The van der Waals surface area contributed by atoms with Gasteiger partial charge in [-0.2, -0.15) is 13.2 Å². The molecule has 0 aliphatic rings. The first-order chi connectivity index (χ1) is 5.91. The van der Waals surface area contributed by atoms with Crippen molar-refractivity contribution in [2.45, 2.75) is 38.9 Å². The van der Waals surface area contributed by atoms with Gasteiger partial charge in [-0.15, -0.1) is 0 Å². The molecular weight excluding hydrogens is 219 g/mol. The van der Waals surface area contributed by atoms with E-state index in [4.69, 9.17) is 0 Å². The Balaban J connectivity index is 4.25. The highest BCUT2D eigenvalue weighted by Crippen LogP contribution is 2.20. The first kappa shape index (κ1) is 13.7. The third-order valence-corrected chi connectivity index (χ3v) is 2.78. The normalized spacial score (nSPS) is 14.4. The molecule has 0 bridgehead atoms. The number of halogens is 3. The molecule has 0 aliphatic carbocycles. The Labute approximate surface area is 81.7 Å². The summed E-state index contributed by atoms with van der Waals surface area (Å²) in [5, 5.41) is 0. The third-order valence-electron chi connectivity index (χ3n) is 1.12. The fraction of sp³-hybridized carbons (Fsp3) is 1.00. The zero-order valence-electron chi connectivity index (χ0n) is 8.27. The van der Waals surface area contributed by atoms with Crippen molar-refractivity contribution >= 4 is 10.0 Å². The summed E-state index contributed by atoms with van der Waals surface area (Å²) in [6.45, 7) is 4.70. The van der Waals surface area contributed by atoms with Gasteiger partial charge in [-0.3, -0.25) is 0 Å². The molecule has 0 saturated carbocycles. The molecule has 14 heavy (non-hydrogen) atoms. The highest BCUT2D eigenvalue weighted by molar-refractivity contribution is 7.89. The van der Waals surface area contributed by atoms with E-state index in [1.165, 1.54) is 0 Å². The van der Waals surface area contributed by atoms with E-state index in [2.05, 4.69) is 4.72 Å². The van der Waals surface area contributed by atoms with E-state index < -0.39 is 33.9 Å². The van der Waals surface area contributed by atoms with Crippen LogP contribution in [-0.4, -0.2) is 25.9 Å². The van der Waals surface area contributed by atoms with Crippen LogP contribution in [0.1, 0.15) is 27.2 Å². The van der Waals surface area contributed by atoms with Crippen molar-refractivity contribution in [3.05, 3.63) is 0 Å². The van der Waals surface area contributed by atoms with Crippen molar-refractivity contribution < 1.29 is 21.6 Å². The molecule has 7 heteroatoms. The molecule has 0 saturated heterocycles. The third kappa shape index (κ3) is 8.31. The van der Waals surface area contributed by atoms with E-state index in [0.29, 0.717) is 0 Å². The molecule has 0 aromatic heterocycles. The minimum absolute atomic E-state index is 0.746. The van der Waals surface area contributed by atoms with E-state index in [0.717, 1.165) is 0 Å². The Morgan fingerprint density at radius 3 is 1.86 bits per heavy atom. The highest BCUT2D eigenvalue weighted by Gasteiger charge is 2.31. The van der Waals surface area contributed by atoms with Crippen molar-refractivity contribution in [3.8, 4) is 0 Å². The fourth-order valence-corrected chi connectivity index (χ4v) is 2.30. The maximum absolute atomic E-state index is 11.7. The molecule has 0 atom stereocenters. The predicted molar refractivity (Wildman–Crippen MR) is 47.3 cm³/mol. The van der Waals surface area contributed by atoms with Crippen molar-refractivity contribution in [1.29, 1.82) is 0 Å². The summed E-state index contributed by atoms with van der Waals surface area (Å²) in [5.41, 5.74) is -0.746. The number of hydrogen-bond donors (Lipinski definition) is 1. The largest absolute Gasteiger partial charge is 0.390 e. The average Bonchev–Trinajstić information content (AvgIpc) is 1.76. The van der Waals surface area contributed by atoms with Gasteiger partial charge in [-0.05, 0) is 20.8 Å². The molecule has 0 aromatic rings. The fourth-order valence-electron chi connectivity index (χ4n) is 0.768. The molecule has 0 spiro atoms. The molecule has 0 heterocycles. The van der Waals surface area contributed by atoms with Crippen LogP contribution in [0.15, 0.2) is 0 Å². The van der Waals surface area contributed by atoms with Crippen LogP contribution in [0.3, 0.4) is 0 Å². The lowest BCUT2D eigenvalue weighted by molar-refractivity contribution is -0.130. The van der Waals surface area contributed by atoms with Crippen molar-refractivity contribution in [2.75, 3.05) is 5.75 Å². The Morgan fingerprint density at radius 2 is 1.57 bits per heavy atom. The van der Waals surface area contributed by atoms with Gasteiger partial charge in [0, 0.05) is 5.54 Å². The Hall–Kier alpha value is -0.300. The summed E-state index contributed by atoms with van der Waals surface area (Å²) >= 11 is 0. The summed E-state index contributed by atoms with van der Waals surface area (Å²) in [7, 11) is -3.84. The van der Waals surface area contributed by atoms with Crippen LogP contribution in [0.2, 0.25) is 0 Å². The second-order valence-corrected chi connectivity index (χ2v) is 5.88. The molecule has 86 valence electrons. The smallest absolute Gasteiger partial charge is 0.212 e. The van der Waals surface area contributed by atoms with Gasteiger partial charge < -0.3 is 0 Å². The second kappa shape index (κ2) is 4.06. The zero-order chi connectivity index (χ0) is 11.6. The number of hydrogen-bond acceptors (Lipinski definition) is 2. The van der Waals surface area contributed by atoms with Crippen molar-refractivity contribution in [2.24, 2.45) is 0 Å². The van der Waals surface area contributed by atoms with Crippen molar-refractivity contribution in [3.63, 3.8) is 0 Å². The second-order valence-electron chi connectivity index (χ2n) is 4.04. The zero-order valence-corrected chi connectivity index (χ0v) is 9.09. The van der Waals surface area contributed by atoms with E-state index in [1.807, 2.05) is 0 Å². The van der Waals surface area contributed by atoms with Crippen LogP contribution < -0.4 is 4.72 Å². The summed E-state index contributed by atoms with van der Waals surface area (Å²) in [4.78, 5) is 0. The number of rotatable bonds is 3. The Morgan fingerprint density at radius 1 is 1.14 bits per heavy atom. The van der Waals surface area contributed by atoms with Gasteiger partial charge in [0.15, 0.2) is 0 Å². The van der Waals surface area contributed by atoms with E-state index in [1.54, 1.807) is 20.8 Å². The lowest BCUT2D eigenvalue weighted by Gasteiger charge is -2.20. The Kier molecular flexibility index (Phi) is 3.97. The van der Waals surface area contributed by atoms with Gasteiger partial charge in [0.1, 0.15) is 0 Å². The van der Waals surface area contributed by atoms with Crippen LogP contribution in [0.5, 0.6) is 0 Å². The van der Waals surface area contributed by atoms with Crippen LogP contribution in [0.4, 0.5) is 13.2 Å². The monoisotopic (exact) mass is 233 g/mol. The van der Waals surface area contributed by atoms with E-state index in [-0.39, 0.29) is 0 Å². The van der Waals surface area contributed by atoms with Gasteiger partial charge in [0.25, 0.3) is 0 Å². The average molecular weight is 233 g/mol. The number of sulfonamides is 1. The maximum Gasteiger partial charge on any atom is 0.390 e. The van der Waals surface area contributed by atoms with Gasteiger partial charge in [0.2, 0.25) is 10.0 Å². The highest BCUT2D eigenvalue weighted by atomic mass is 32.2. The quantitative estimate of drug-likeness (QED) is 0.805. The van der Waals surface area contributed by atoms with Gasteiger partial charge in [-0.25, -0.2) is 13.1 Å². The molecule has 1 N–H and O–H groups in total. The molecule has 0 rings (SSSR count). The first-order valence-electron chi connectivity index (χ1n) is 4.00. The van der Waals surface area contributed by atoms with Crippen LogP contribution in [0, 0.1) is 0 Å². The van der Waals surface area contributed by atoms with Gasteiger partial charge >= 0.3 is 6.18 Å². The molecular formula is C7H14F3NO2S.